The third kappa shape index (κ3) is 5.61. The Labute approximate surface area is 171 Å². The van der Waals surface area contributed by atoms with Gasteiger partial charge in [-0.2, -0.15) is 5.10 Å². The Morgan fingerprint density at radius 3 is 2.39 bits per heavy atom. The molecule has 0 radical (unpaired) electrons. The Hall–Kier alpha value is -2.78. The third-order valence-corrected chi connectivity index (χ3v) is 5.66. The van der Waals surface area contributed by atoms with Crippen molar-refractivity contribution in [3.05, 3.63) is 66.0 Å². The van der Waals surface area contributed by atoms with Crippen LogP contribution in [0.25, 0.3) is 0 Å². The summed E-state index contributed by atoms with van der Waals surface area (Å²) in [6.45, 7) is 0. The number of thioether (sulfide) groups is 2. The highest BCUT2D eigenvalue weighted by Crippen LogP contribution is 2.23. The molecule has 9 heteroatoms. The minimum Gasteiger partial charge on any atom is -0.339 e. The van der Waals surface area contributed by atoms with Crippen molar-refractivity contribution in [3.63, 3.8) is 0 Å². The zero-order valence-corrected chi connectivity index (χ0v) is 17.0. The van der Waals surface area contributed by atoms with E-state index in [2.05, 4.69) is 20.5 Å². The Morgan fingerprint density at radius 1 is 1.07 bits per heavy atom. The first-order valence-corrected chi connectivity index (χ1v) is 10.2. The normalized spacial score (nSPS) is 10.5. The van der Waals surface area contributed by atoms with E-state index in [1.807, 2.05) is 24.3 Å². The van der Waals surface area contributed by atoms with Crippen LogP contribution in [-0.4, -0.2) is 45.3 Å². The number of hydrogen-bond donors (Lipinski definition) is 2. The van der Waals surface area contributed by atoms with Gasteiger partial charge in [0.05, 0.1) is 0 Å². The van der Waals surface area contributed by atoms with Crippen molar-refractivity contribution < 1.29 is 9.59 Å². The van der Waals surface area contributed by atoms with Crippen LogP contribution in [0.2, 0.25) is 0 Å². The van der Waals surface area contributed by atoms with E-state index in [1.54, 1.807) is 50.1 Å². The van der Waals surface area contributed by atoms with Crippen molar-refractivity contribution in [2.24, 2.45) is 0 Å². The maximum atomic E-state index is 12.4. The minimum absolute atomic E-state index is 0.0432. The van der Waals surface area contributed by atoms with Crippen LogP contribution in [0.3, 0.4) is 0 Å². The number of nitrogens with zero attached hydrogens (tertiary/aromatic N) is 3. The number of benzene rings is 2. The van der Waals surface area contributed by atoms with Crippen LogP contribution < -0.4 is 5.32 Å². The molecule has 3 aromatic rings. The van der Waals surface area contributed by atoms with Crippen LogP contribution in [0.1, 0.15) is 15.9 Å². The van der Waals surface area contributed by atoms with Crippen molar-refractivity contribution in [2.45, 2.75) is 15.8 Å². The van der Waals surface area contributed by atoms with Crippen LogP contribution in [-0.2, 0) is 5.75 Å². The number of anilines is 1. The lowest BCUT2D eigenvalue weighted by atomic mass is 10.1. The summed E-state index contributed by atoms with van der Waals surface area (Å²) in [5.41, 5.74) is 2.34. The fourth-order valence-corrected chi connectivity index (χ4v) is 3.56. The summed E-state index contributed by atoms with van der Waals surface area (Å²) < 4.78 is 0. The molecule has 3 rings (SSSR count). The molecule has 1 heterocycles. The summed E-state index contributed by atoms with van der Waals surface area (Å²) in [4.78, 5) is 30.5. The van der Waals surface area contributed by atoms with E-state index in [0.29, 0.717) is 11.3 Å². The summed E-state index contributed by atoms with van der Waals surface area (Å²) in [5, 5.41) is 10.2. The molecule has 144 valence electrons. The monoisotopic (exact) mass is 413 g/mol. The first kappa shape index (κ1) is 20.0. The highest BCUT2D eigenvalue weighted by molar-refractivity contribution is 8.13. The lowest BCUT2D eigenvalue weighted by Crippen LogP contribution is -2.16. The van der Waals surface area contributed by atoms with Gasteiger partial charge in [0.1, 0.15) is 6.33 Å². The van der Waals surface area contributed by atoms with Gasteiger partial charge in [0, 0.05) is 36.0 Å². The lowest BCUT2D eigenvalue weighted by Gasteiger charge is -2.10. The molecule has 0 saturated carbocycles. The number of amides is 2. The third-order valence-electron chi connectivity index (χ3n) is 3.67. The Kier molecular flexibility index (Phi) is 6.72. The molecule has 2 aromatic carbocycles. The van der Waals surface area contributed by atoms with Crippen LogP contribution in [0.5, 0.6) is 0 Å². The number of aromatic amines is 1. The predicted octanol–water partition coefficient (Wildman–Crippen LogP) is 4.12. The van der Waals surface area contributed by atoms with E-state index in [4.69, 9.17) is 0 Å². The molecule has 28 heavy (non-hydrogen) atoms. The molecule has 0 saturated heterocycles. The average Bonchev–Trinajstić information content (AvgIpc) is 3.22. The van der Waals surface area contributed by atoms with Gasteiger partial charge in [-0.15, -0.1) is 0 Å². The second-order valence-electron chi connectivity index (χ2n) is 6.02. The highest BCUT2D eigenvalue weighted by atomic mass is 32.2. The minimum atomic E-state index is -0.181. The molecule has 0 aliphatic rings. The molecule has 0 aliphatic carbocycles. The average molecular weight is 414 g/mol. The van der Waals surface area contributed by atoms with Crippen molar-refractivity contribution in [2.75, 3.05) is 19.4 Å². The predicted molar refractivity (Wildman–Crippen MR) is 112 cm³/mol. The second kappa shape index (κ2) is 9.43. The number of rotatable bonds is 6. The lowest BCUT2D eigenvalue weighted by molar-refractivity contribution is 0.102. The summed E-state index contributed by atoms with van der Waals surface area (Å²) in [6, 6.07) is 14.6. The fraction of sp³-hybridized carbons (Fsp3) is 0.158. The molecule has 2 amide bonds. The van der Waals surface area contributed by atoms with Crippen LogP contribution in [0.15, 0.2) is 64.9 Å². The SMILES string of the molecule is CN(C)C(=O)Sc1ccc(NC(=O)c2ccc(CSc3ncn[nH]3)cc2)cc1. The number of hydrogen-bond acceptors (Lipinski definition) is 6. The van der Waals surface area contributed by atoms with Crippen molar-refractivity contribution in [1.29, 1.82) is 0 Å². The molecule has 0 fully saturated rings. The second-order valence-corrected chi connectivity index (χ2v) is 8.01. The van der Waals surface area contributed by atoms with Crippen molar-refractivity contribution in [1.82, 2.24) is 20.1 Å². The molecule has 0 bridgehead atoms. The summed E-state index contributed by atoms with van der Waals surface area (Å²) in [6.07, 6.45) is 1.47. The number of aromatic nitrogens is 3. The molecule has 0 unspecified atom stereocenters. The molecular weight excluding hydrogens is 394 g/mol. The van der Waals surface area contributed by atoms with Gasteiger partial charge in [0.2, 0.25) is 0 Å². The summed E-state index contributed by atoms with van der Waals surface area (Å²) in [5.74, 6) is 0.557. The number of carbonyl (C=O) groups excluding carboxylic acids is 2. The number of carbonyl (C=O) groups is 2. The van der Waals surface area contributed by atoms with Gasteiger partial charge in [-0.05, 0) is 53.7 Å². The number of H-pyrrole nitrogens is 1. The Bertz CT molecular complexity index is 926. The zero-order valence-electron chi connectivity index (χ0n) is 15.4. The fourth-order valence-electron chi connectivity index (χ4n) is 2.17. The Balaban J connectivity index is 1.54. The van der Waals surface area contributed by atoms with Gasteiger partial charge in [-0.3, -0.25) is 14.7 Å². The number of nitrogens with one attached hydrogen (secondary N) is 2. The highest BCUT2D eigenvalue weighted by Gasteiger charge is 2.09. The molecule has 0 atom stereocenters. The van der Waals surface area contributed by atoms with E-state index in [9.17, 15) is 9.59 Å². The van der Waals surface area contributed by atoms with E-state index >= 15 is 0 Å². The van der Waals surface area contributed by atoms with Crippen molar-refractivity contribution in [3.8, 4) is 0 Å². The van der Waals surface area contributed by atoms with Crippen LogP contribution >= 0.6 is 23.5 Å². The van der Waals surface area contributed by atoms with Gasteiger partial charge in [-0.1, -0.05) is 23.9 Å². The molecule has 2 N–H and O–H groups in total. The zero-order chi connectivity index (χ0) is 19.9. The first-order valence-electron chi connectivity index (χ1n) is 8.39. The summed E-state index contributed by atoms with van der Waals surface area (Å²) in [7, 11) is 3.42. The molecule has 0 spiro atoms. The van der Waals surface area contributed by atoms with Crippen LogP contribution in [0, 0.1) is 0 Å². The quantitative estimate of drug-likeness (QED) is 0.591. The Morgan fingerprint density at radius 2 is 1.79 bits per heavy atom. The standard InChI is InChI=1S/C19H19N5O2S2/c1-24(2)19(26)28-16-9-7-15(8-10-16)22-17(25)14-5-3-13(4-6-14)11-27-18-20-12-21-23-18/h3-10,12H,11H2,1-2H3,(H,22,25)(H,20,21,23). The van der Waals surface area contributed by atoms with Gasteiger partial charge in [-0.25, -0.2) is 4.98 Å². The van der Waals surface area contributed by atoms with E-state index in [1.165, 1.54) is 11.2 Å². The van der Waals surface area contributed by atoms with E-state index in [0.717, 1.165) is 33.1 Å². The van der Waals surface area contributed by atoms with Crippen LogP contribution in [0.4, 0.5) is 10.5 Å². The van der Waals surface area contributed by atoms with E-state index < -0.39 is 0 Å². The molecule has 7 nitrogen and oxygen atoms in total. The molecule has 0 aliphatic heterocycles. The molecular formula is C19H19N5O2S2. The maximum absolute atomic E-state index is 12.4. The van der Waals surface area contributed by atoms with Gasteiger partial charge < -0.3 is 10.2 Å². The smallest absolute Gasteiger partial charge is 0.285 e. The topological polar surface area (TPSA) is 91.0 Å². The van der Waals surface area contributed by atoms with Gasteiger partial charge in [0.15, 0.2) is 5.16 Å². The maximum Gasteiger partial charge on any atom is 0.285 e. The summed E-state index contributed by atoms with van der Waals surface area (Å²) >= 11 is 2.69. The van der Waals surface area contributed by atoms with Gasteiger partial charge >= 0.3 is 0 Å². The van der Waals surface area contributed by atoms with E-state index in [-0.39, 0.29) is 11.1 Å². The van der Waals surface area contributed by atoms with Gasteiger partial charge in [0.25, 0.3) is 11.1 Å². The molecule has 1 aromatic heterocycles. The largest absolute Gasteiger partial charge is 0.339 e. The first-order chi connectivity index (χ1) is 13.5. The van der Waals surface area contributed by atoms with Crippen molar-refractivity contribution >= 4 is 40.4 Å².